The van der Waals surface area contributed by atoms with Gasteiger partial charge >= 0.3 is 0 Å². The molecule has 0 radical (unpaired) electrons. The number of nitrogens with zero attached hydrogens (tertiary/aromatic N) is 1. The van der Waals surface area contributed by atoms with Crippen molar-refractivity contribution in [1.82, 2.24) is 4.98 Å². The first-order valence-electron chi connectivity index (χ1n) is 6.85. The zero-order valence-electron chi connectivity index (χ0n) is 11.9. The van der Waals surface area contributed by atoms with Crippen LogP contribution in [0.5, 0.6) is 5.75 Å². The largest absolute Gasteiger partial charge is 0.493 e. The molecule has 2 rings (SSSR count). The van der Waals surface area contributed by atoms with Gasteiger partial charge in [-0.1, -0.05) is 13.8 Å². The molecule has 2 heteroatoms. The summed E-state index contributed by atoms with van der Waals surface area (Å²) in [7, 11) is 0. The normalized spacial score (nSPS) is 13.5. The van der Waals surface area contributed by atoms with Crippen LogP contribution in [-0.2, 0) is 12.8 Å². The SMILES string of the molecule is CC.CCOc1c(C)c(C)nc2c1CCCC2. The number of aryl methyl sites for hydroxylation is 2. The number of fused-ring (bicyclic) bond motifs is 1. The van der Waals surface area contributed by atoms with Gasteiger partial charge in [-0.2, -0.15) is 0 Å². The van der Waals surface area contributed by atoms with E-state index in [-0.39, 0.29) is 0 Å². The first-order chi connectivity index (χ1) is 8.24. The second-order valence-electron chi connectivity index (χ2n) is 4.22. The summed E-state index contributed by atoms with van der Waals surface area (Å²) < 4.78 is 5.78. The van der Waals surface area contributed by atoms with Gasteiger partial charge in [0, 0.05) is 22.5 Å². The number of hydrogen-bond donors (Lipinski definition) is 0. The van der Waals surface area contributed by atoms with Crippen molar-refractivity contribution in [3.8, 4) is 5.75 Å². The zero-order chi connectivity index (χ0) is 12.8. The van der Waals surface area contributed by atoms with E-state index in [1.54, 1.807) is 0 Å². The lowest BCUT2D eigenvalue weighted by Crippen LogP contribution is -2.11. The fourth-order valence-electron chi connectivity index (χ4n) is 2.27. The molecule has 1 aromatic heterocycles. The molecule has 0 aliphatic heterocycles. The topological polar surface area (TPSA) is 22.1 Å². The molecule has 0 unspecified atom stereocenters. The quantitative estimate of drug-likeness (QED) is 0.773. The molecule has 0 saturated heterocycles. The molecular formula is C15H25NO. The van der Waals surface area contributed by atoms with Crippen molar-refractivity contribution in [2.45, 2.75) is 60.3 Å². The van der Waals surface area contributed by atoms with Crippen LogP contribution in [0.4, 0.5) is 0 Å². The predicted molar refractivity (Wildman–Crippen MR) is 72.9 cm³/mol. The highest BCUT2D eigenvalue weighted by Crippen LogP contribution is 2.32. The molecule has 0 spiro atoms. The number of aromatic nitrogens is 1. The Balaban J connectivity index is 0.000000686. The van der Waals surface area contributed by atoms with Gasteiger partial charge in [0.15, 0.2) is 0 Å². The van der Waals surface area contributed by atoms with Crippen molar-refractivity contribution in [3.05, 3.63) is 22.5 Å². The standard InChI is InChI=1S/C13H19NO.C2H6/c1-4-15-13-9(2)10(3)14-12-8-6-5-7-11(12)13;1-2/h4-8H2,1-3H3;1-2H3. The van der Waals surface area contributed by atoms with Gasteiger partial charge in [0.05, 0.1) is 6.61 Å². The highest BCUT2D eigenvalue weighted by molar-refractivity contribution is 5.46. The lowest BCUT2D eigenvalue weighted by atomic mass is 9.93. The minimum absolute atomic E-state index is 0.747. The maximum absolute atomic E-state index is 5.78. The monoisotopic (exact) mass is 235 g/mol. The molecule has 0 saturated carbocycles. The van der Waals surface area contributed by atoms with Crippen molar-refractivity contribution in [3.63, 3.8) is 0 Å². The van der Waals surface area contributed by atoms with Crippen LogP contribution in [0.25, 0.3) is 0 Å². The molecule has 1 aromatic rings. The van der Waals surface area contributed by atoms with Crippen LogP contribution in [-0.4, -0.2) is 11.6 Å². The Bertz CT molecular complexity index is 372. The number of hydrogen-bond acceptors (Lipinski definition) is 2. The smallest absolute Gasteiger partial charge is 0.128 e. The van der Waals surface area contributed by atoms with E-state index >= 15 is 0 Å². The maximum Gasteiger partial charge on any atom is 0.128 e. The average molecular weight is 235 g/mol. The van der Waals surface area contributed by atoms with Gasteiger partial charge in [-0.3, -0.25) is 4.98 Å². The van der Waals surface area contributed by atoms with E-state index in [4.69, 9.17) is 4.74 Å². The first kappa shape index (κ1) is 14.0. The van der Waals surface area contributed by atoms with Crippen LogP contribution < -0.4 is 4.74 Å². The lowest BCUT2D eigenvalue weighted by Gasteiger charge is -2.21. The molecular weight excluding hydrogens is 210 g/mol. The highest BCUT2D eigenvalue weighted by Gasteiger charge is 2.18. The van der Waals surface area contributed by atoms with Gasteiger partial charge in [0.2, 0.25) is 0 Å². The maximum atomic E-state index is 5.78. The van der Waals surface area contributed by atoms with Gasteiger partial charge in [0.1, 0.15) is 5.75 Å². The van der Waals surface area contributed by atoms with Crippen LogP contribution in [0.2, 0.25) is 0 Å². The molecule has 0 fully saturated rings. The van der Waals surface area contributed by atoms with Crippen molar-refractivity contribution >= 4 is 0 Å². The fraction of sp³-hybridized carbons (Fsp3) is 0.667. The third-order valence-electron chi connectivity index (χ3n) is 3.19. The van der Waals surface area contributed by atoms with Crippen molar-refractivity contribution < 1.29 is 4.74 Å². The van der Waals surface area contributed by atoms with Crippen LogP contribution >= 0.6 is 0 Å². The van der Waals surface area contributed by atoms with E-state index in [2.05, 4.69) is 18.8 Å². The van der Waals surface area contributed by atoms with Crippen molar-refractivity contribution in [2.75, 3.05) is 6.61 Å². The molecule has 1 aliphatic rings. The first-order valence-corrected chi connectivity index (χ1v) is 6.85. The molecule has 0 atom stereocenters. The Morgan fingerprint density at radius 2 is 1.76 bits per heavy atom. The Hall–Kier alpha value is -1.05. The highest BCUT2D eigenvalue weighted by atomic mass is 16.5. The predicted octanol–water partition coefficient (Wildman–Crippen LogP) is 4.00. The molecule has 96 valence electrons. The number of ether oxygens (including phenoxy) is 1. The number of pyridine rings is 1. The summed E-state index contributed by atoms with van der Waals surface area (Å²) in [5, 5.41) is 0. The minimum atomic E-state index is 0.747. The molecule has 0 amide bonds. The molecule has 2 nitrogen and oxygen atoms in total. The molecule has 1 heterocycles. The summed E-state index contributed by atoms with van der Waals surface area (Å²) in [4.78, 5) is 4.68. The van der Waals surface area contributed by atoms with Gasteiger partial charge < -0.3 is 4.74 Å². The van der Waals surface area contributed by atoms with Crippen LogP contribution in [0, 0.1) is 13.8 Å². The van der Waals surface area contributed by atoms with E-state index < -0.39 is 0 Å². The Morgan fingerprint density at radius 3 is 2.41 bits per heavy atom. The second kappa shape index (κ2) is 6.63. The van der Waals surface area contributed by atoms with Crippen molar-refractivity contribution in [2.24, 2.45) is 0 Å². The third kappa shape index (κ3) is 2.99. The molecule has 0 N–H and O–H groups in total. The summed E-state index contributed by atoms with van der Waals surface area (Å²) in [6.07, 6.45) is 4.81. The summed E-state index contributed by atoms with van der Waals surface area (Å²) in [5.74, 6) is 1.11. The van der Waals surface area contributed by atoms with Gasteiger partial charge in [0.25, 0.3) is 0 Å². The average Bonchev–Trinajstić information content (AvgIpc) is 2.37. The molecule has 0 aromatic carbocycles. The van der Waals surface area contributed by atoms with E-state index in [0.29, 0.717) is 0 Å². The third-order valence-corrected chi connectivity index (χ3v) is 3.19. The van der Waals surface area contributed by atoms with Crippen LogP contribution in [0.3, 0.4) is 0 Å². The Kier molecular flexibility index (Phi) is 5.46. The summed E-state index contributed by atoms with van der Waals surface area (Å²) in [6.45, 7) is 11.0. The van der Waals surface area contributed by atoms with Crippen LogP contribution in [0.15, 0.2) is 0 Å². The Morgan fingerprint density at radius 1 is 1.12 bits per heavy atom. The van der Waals surface area contributed by atoms with Crippen LogP contribution in [0.1, 0.15) is 56.1 Å². The van der Waals surface area contributed by atoms with E-state index in [1.807, 2.05) is 20.8 Å². The molecule has 1 aliphatic carbocycles. The Labute approximate surface area is 105 Å². The van der Waals surface area contributed by atoms with E-state index in [0.717, 1.165) is 30.9 Å². The minimum Gasteiger partial charge on any atom is -0.493 e. The van der Waals surface area contributed by atoms with E-state index in [9.17, 15) is 0 Å². The van der Waals surface area contributed by atoms with Gasteiger partial charge in [-0.15, -0.1) is 0 Å². The number of rotatable bonds is 2. The van der Waals surface area contributed by atoms with Gasteiger partial charge in [-0.25, -0.2) is 0 Å². The zero-order valence-corrected chi connectivity index (χ0v) is 11.9. The summed E-state index contributed by atoms with van der Waals surface area (Å²) in [5.41, 5.74) is 4.98. The molecule has 0 bridgehead atoms. The van der Waals surface area contributed by atoms with Gasteiger partial charge in [-0.05, 0) is 46.5 Å². The molecule has 17 heavy (non-hydrogen) atoms. The van der Waals surface area contributed by atoms with E-state index in [1.165, 1.54) is 29.7 Å². The van der Waals surface area contributed by atoms with Crippen molar-refractivity contribution in [1.29, 1.82) is 0 Å². The lowest BCUT2D eigenvalue weighted by molar-refractivity contribution is 0.331. The second-order valence-corrected chi connectivity index (χ2v) is 4.22. The summed E-state index contributed by atoms with van der Waals surface area (Å²) in [6, 6.07) is 0. The summed E-state index contributed by atoms with van der Waals surface area (Å²) >= 11 is 0. The fourth-order valence-corrected chi connectivity index (χ4v) is 2.27.